The summed E-state index contributed by atoms with van der Waals surface area (Å²) in [5.41, 5.74) is 0.0828. The molecule has 1 heterocycles. The molecule has 1 aliphatic rings. The first-order valence-electron chi connectivity index (χ1n) is 4.58. The molecule has 1 saturated heterocycles. The average Bonchev–Trinajstić information content (AvgIpc) is 2.27. The van der Waals surface area contributed by atoms with Crippen molar-refractivity contribution in [2.24, 2.45) is 5.92 Å². The number of ether oxygens (including phenoxy) is 1. The van der Waals surface area contributed by atoms with Crippen LogP contribution in [-0.4, -0.2) is 19.5 Å². The van der Waals surface area contributed by atoms with Crippen LogP contribution in [0, 0.1) is 5.92 Å². The highest BCUT2D eigenvalue weighted by Gasteiger charge is 2.41. The summed E-state index contributed by atoms with van der Waals surface area (Å²) in [4.78, 5) is 0. The molecule has 0 unspecified atom stereocenters. The van der Waals surface area contributed by atoms with Crippen LogP contribution in [0.4, 0.5) is 0 Å². The van der Waals surface area contributed by atoms with E-state index in [1.54, 1.807) is 0 Å². The van der Waals surface area contributed by atoms with Crippen LogP contribution < -0.4 is 0 Å². The molecule has 0 aromatic heterocycles. The fourth-order valence-electron chi connectivity index (χ4n) is 2.14. The smallest absolute Gasteiger partial charge is 0.109 e. The molecule has 0 aromatic rings. The molecule has 2 radical (unpaired) electrons. The van der Waals surface area contributed by atoms with E-state index in [1.807, 2.05) is 0 Å². The van der Waals surface area contributed by atoms with Crippen molar-refractivity contribution in [2.75, 3.05) is 0 Å². The van der Waals surface area contributed by atoms with Gasteiger partial charge in [-0.2, -0.15) is 0 Å². The first kappa shape index (κ1) is 9.12. The van der Waals surface area contributed by atoms with Gasteiger partial charge in [0.2, 0.25) is 0 Å². The lowest BCUT2D eigenvalue weighted by molar-refractivity contribution is -0.0369. The average molecular weight is 152 g/mol. The zero-order chi connectivity index (χ0) is 8.48. The molecular weight excluding hydrogens is 135 g/mol. The molecule has 62 valence electrons. The van der Waals surface area contributed by atoms with Gasteiger partial charge in [-0.25, -0.2) is 0 Å². The van der Waals surface area contributed by atoms with E-state index in [0.717, 1.165) is 19.3 Å². The highest BCUT2D eigenvalue weighted by molar-refractivity contribution is 6.11. The summed E-state index contributed by atoms with van der Waals surface area (Å²) in [6.07, 6.45) is 3.18. The zero-order valence-corrected chi connectivity index (χ0v) is 7.76. The second-order valence-electron chi connectivity index (χ2n) is 3.56. The van der Waals surface area contributed by atoms with Gasteiger partial charge in [-0.15, -0.1) is 0 Å². The Morgan fingerprint density at radius 3 is 2.18 bits per heavy atom. The van der Waals surface area contributed by atoms with Gasteiger partial charge in [-0.1, -0.05) is 20.8 Å². The Kier molecular flexibility index (Phi) is 2.63. The van der Waals surface area contributed by atoms with Gasteiger partial charge < -0.3 is 4.74 Å². The van der Waals surface area contributed by atoms with Crippen LogP contribution in [0.15, 0.2) is 0 Å². The van der Waals surface area contributed by atoms with E-state index in [9.17, 15) is 0 Å². The molecule has 0 aliphatic carbocycles. The Balaban J connectivity index is 2.67. The molecule has 2 atom stereocenters. The van der Waals surface area contributed by atoms with Crippen molar-refractivity contribution in [2.45, 2.75) is 51.6 Å². The maximum Gasteiger partial charge on any atom is 0.109 e. The molecule has 0 bridgehead atoms. The van der Waals surface area contributed by atoms with Crippen LogP contribution >= 0.6 is 0 Å². The van der Waals surface area contributed by atoms with Crippen molar-refractivity contribution >= 4 is 7.85 Å². The number of rotatable bonds is 2. The molecule has 2 heteroatoms. The van der Waals surface area contributed by atoms with Crippen molar-refractivity contribution in [1.82, 2.24) is 0 Å². The summed E-state index contributed by atoms with van der Waals surface area (Å²) in [5.74, 6) is 0.618. The third kappa shape index (κ3) is 1.46. The largest absolute Gasteiger partial charge is 0.381 e. The molecule has 1 aliphatic heterocycles. The van der Waals surface area contributed by atoms with Crippen LogP contribution in [0.5, 0.6) is 0 Å². The molecule has 1 fully saturated rings. The van der Waals surface area contributed by atoms with Gasteiger partial charge in [0.15, 0.2) is 0 Å². The van der Waals surface area contributed by atoms with Gasteiger partial charge in [0.25, 0.3) is 0 Å². The normalized spacial score (nSPS) is 35.9. The SMILES string of the molecule is [B][C@H]1C[C@@H](C)C(CC)(CC)O1. The van der Waals surface area contributed by atoms with Crippen LogP contribution in [0.3, 0.4) is 0 Å². The summed E-state index contributed by atoms with van der Waals surface area (Å²) in [5, 5.41) is 0. The van der Waals surface area contributed by atoms with E-state index < -0.39 is 0 Å². The molecule has 0 saturated carbocycles. The van der Waals surface area contributed by atoms with E-state index >= 15 is 0 Å². The molecule has 0 amide bonds. The monoisotopic (exact) mass is 152 g/mol. The highest BCUT2D eigenvalue weighted by Crippen LogP contribution is 2.39. The van der Waals surface area contributed by atoms with Crippen LogP contribution in [0.2, 0.25) is 0 Å². The summed E-state index contributed by atoms with van der Waals surface area (Å²) in [7, 11) is 5.73. The molecule has 11 heavy (non-hydrogen) atoms. The first-order valence-corrected chi connectivity index (χ1v) is 4.58. The molecule has 1 rings (SSSR count). The van der Waals surface area contributed by atoms with E-state index in [2.05, 4.69) is 20.8 Å². The first-order chi connectivity index (χ1) is 5.14. The fourth-order valence-corrected chi connectivity index (χ4v) is 2.14. The van der Waals surface area contributed by atoms with Crippen molar-refractivity contribution in [3.63, 3.8) is 0 Å². The minimum Gasteiger partial charge on any atom is -0.381 e. The van der Waals surface area contributed by atoms with Crippen molar-refractivity contribution in [3.05, 3.63) is 0 Å². The maximum absolute atomic E-state index is 5.74. The minimum atomic E-state index is -0.0232. The lowest BCUT2D eigenvalue weighted by atomic mass is 9.82. The summed E-state index contributed by atoms with van der Waals surface area (Å²) in [6.45, 7) is 6.59. The van der Waals surface area contributed by atoms with Gasteiger partial charge >= 0.3 is 0 Å². The summed E-state index contributed by atoms with van der Waals surface area (Å²) in [6, 6.07) is -0.0232. The van der Waals surface area contributed by atoms with Crippen LogP contribution in [-0.2, 0) is 4.74 Å². The van der Waals surface area contributed by atoms with Gasteiger partial charge in [0, 0.05) is 6.00 Å². The Labute approximate surface area is 70.9 Å². The Bertz CT molecular complexity index is 132. The topological polar surface area (TPSA) is 9.23 Å². The van der Waals surface area contributed by atoms with Crippen LogP contribution in [0.25, 0.3) is 0 Å². The Morgan fingerprint density at radius 2 is 2.00 bits per heavy atom. The second kappa shape index (κ2) is 3.18. The highest BCUT2D eigenvalue weighted by atomic mass is 16.5. The lowest BCUT2D eigenvalue weighted by Gasteiger charge is -2.30. The number of hydrogen-bond donors (Lipinski definition) is 0. The van der Waals surface area contributed by atoms with Gasteiger partial charge in [-0.3, -0.25) is 0 Å². The minimum absolute atomic E-state index is 0.0232. The molecule has 1 nitrogen and oxygen atoms in total. The van der Waals surface area contributed by atoms with Gasteiger partial charge in [0.05, 0.1) is 5.60 Å². The Morgan fingerprint density at radius 1 is 1.45 bits per heavy atom. The van der Waals surface area contributed by atoms with Crippen molar-refractivity contribution in [1.29, 1.82) is 0 Å². The maximum atomic E-state index is 5.74. The predicted molar refractivity (Wildman–Crippen MR) is 47.7 cm³/mol. The number of hydrogen-bond acceptors (Lipinski definition) is 1. The molecule has 0 aromatic carbocycles. The molecule has 0 N–H and O–H groups in total. The van der Waals surface area contributed by atoms with Crippen molar-refractivity contribution in [3.8, 4) is 0 Å². The standard InChI is InChI=1S/C9H17BO/c1-4-9(5-2)7(3)6-8(10)11-9/h7-8H,4-6H2,1-3H3/t7-,8-/m1/s1. The van der Waals surface area contributed by atoms with Gasteiger partial charge in [-0.05, 0) is 25.2 Å². The van der Waals surface area contributed by atoms with E-state index in [4.69, 9.17) is 12.6 Å². The third-order valence-electron chi connectivity index (χ3n) is 3.07. The molecule has 0 spiro atoms. The third-order valence-corrected chi connectivity index (χ3v) is 3.07. The van der Waals surface area contributed by atoms with E-state index in [0.29, 0.717) is 5.92 Å². The predicted octanol–water partition coefficient (Wildman–Crippen LogP) is 2.10. The van der Waals surface area contributed by atoms with Crippen LogP contribution in [0.1, 0.15) is 40.0 Å². The summed E-state index contributed by atoms with van der Waals surface area (Å²) < 4.78 is 5.74. The summed E-state index contributed by atoms with van der Waals surface area (Å²) >= 11 is 0. The van der Waals surface area contributed by atoms with E-state index in [1.165, 1.54) is 0 Å². The quantitative estimate of drug-likeness (QED) is 0.550. The van der Waals surface area contributed by atoms with E-state index in [-0.39, 0.29) is 11.6 Å². The zero-order valence-electron chi connectivity index (χ0n) is 7.76. The van der Waals surface area contributed by atoms with Crippen molar-refractivity contribution < 1.29 is 4.74 Å². The Hall–Kier alpha value is 0.0249. The fraction of sp³-hybridized carbons (Fsp3) is 1.00. The molecular formula is C9H17BO. The second-order valence-corrected chi connectivity index (χ2v) is 3.56. The lowest BCUT2D eigenvalue weighted by Crippen LogP contribution is -2.32. The van der Waals surface area contributed by atoms with Gasteiger partial charge in [0.1, 0.15) is 7.85 Å².